The van der Waals surface area contributed by atoms with Crippen LogP contribution in [0.25, 0.3) is 11.3 Å². The number of hydrogen-bond acceptors (Lipinski definition) is 7. The molecule has 0 N–H and O–H groups in total. The van der Waals surface area contributed by atoms with Crippen molar-refractivity contribution in [3.8, 4) is 11.3 Å². The van der Waals surface area contributed by atoms with Crippen molar-refractivity contribution in [2.45, 2.75) is 0 Å². The third-order valence-corrected chi connectivity index (χ3v) is 3.15. The van der Waals surface area contributed by atoms with Crippen LogP contribution in [-0.2, 0) is 4.84 Å². The molecule has 0 aromatic carbocycles. The number of nitrogens with zero attached hydrogens (tertiary/aromatic N) is 4. The zero-order valence-electron chi connectivity index (χ0n) is 10.6. The summed E-state index contributed by atoms with van der Waals surface area (Å²) >= 11 is 0. The van der Waals surface area contributed by atoms with Gasteiger partial charge in [0, 0.05) is 32.2 Å². The van der Waals surface area contributed by atoms with Crippen LogP contribution in [0.4, 0.5) is 0 Å². The summed E-state index contributed by atoms with van der Waals surface area (Å²) in [5.74, 6) is -0.492. The number of aromatic nitrogens is 2. The van der Waals surface area contributed by atoms with Gasteiger partial charge in [-0.2, -0.15) is 0 Å². The Morgan fingerprint density at radius 1 is 1.32 bits per heavy atom. The first-order valence-corrected chi connectivity index (χ1v) is 6.08. The molecule has 0 saturated carbocycles. The standard InChI is InChI=1S/C12H14N4O3/c1-15-3-5-16(6-4-15)19-12(17)11-9-8-18-7-2-10(9)13-14-11/h2,7-8H,3-6H2,1H3. The van der Waals surface area contributed by atoms with Crippen molar-refractivity contribution in [2.75, 3.05) is 33.2 Å². The summed E-state index contributed by atoms with van der Waals surface area (Å²) in [6.07, 6.45) is 2.95. The van der Waals surface area contributed by atoms with Gasteiger partial charge < -0.3 is 14.2 Å². The Morgan fingerprint density at radius 3 is 2.89 bits per heavy atom. The van der Waals surface area contributed by atoms with Crippen molar-refractivity contribution in [2.24, 2.45) is 0 Å². The van der Waals surface area contributed by atoms with Gasteiger partial charge in [0.15, 0.2) is 5.69 Å². The maximum Gasteiger partial charge on any atom is 0.378 e. The molecule has 7 nitrogen and oxygen atoms in total. The van der Waals surface area contributed by atoms with Gasteiger partial charge in [0.1, 0.15) is 12.0 Å². The fraction of sp³-hybridized carbons (Fsp3) is 0.417. The number of rotatable bonds is 2. The number of piperazine rings is 1. The third kappa shape index (κ3) is 2.42. The zero-order chi connectivity index (χ0) is 13.2. The Labute approximate surface area is 110 Å². The number of carbonyl (C=O) groups excluding carboxylic acids is 1. The molecule has 3 heterocycles. The van der Waals surface area contributed by atoms with Gasteiger partial charge in [-0.1, -0.05) is 0 Å². The van der Waals surface area contributed by atoms with Crippen molar-refractivity contribution in [3.05, 3.63) is 24.3 Å². The van der Waals surface area contributed by atoms with Crippen LogP contribution in [0.15, 0.2) is 23.0 Å². The maximum atomic E-state index is 12.0. The third-order valence-electron chi connectivity index (χ3n) is 3.15. The van der Waals surface area contributed by atoms with Crippen LogP contribution in [0.1, 0.15) is 10.5 Å². The van der Waals surface area contributed by atoms with E-state index in [2.05, 4.69) is 15.1 Å². The molecule has 3 rings (SSSR count). The second kappa shape index (κ2) is 4.94. The molecule has 19 heavy (non-hydrogen) atoms. The molecule has 0 atom stereocenters. The Kier molecular flexibility index (Phi) is 3.14. The summed E-state index contributed by atoms with van der Waals surface area (Å²) in [4.78, 5) is 19.5. The van der Waals surface area contributed by atoms with Crippen molar-refractivity contribution in [1.29, 1.82) is 0 Å². The summed E-state index contributed by atoms with van der Waals surface area (Å²) in [5.41, 5.74) is 1.39. The molecular formula is C12H14N4O3. The predicted molar refractivity (Wildman–Crippen MR) is 65.4 cm³/mol. The van der Waals surface area contributed by atoms with Crippen LogP contribution in [0, 0.1) is 0 Å². The first kappa shape index (κ1) is 12.1. The summed E-state index contributed by atoms with van der Waals surface area (Å²) in [6.45, 7) is 3.13. The molecule has 0 unspecified atom stereocenters. The van der Waals surface area contributed by atoms with Gasteiger partial charge in [0.25, 0.3) is 0 Å². The lowest BCUT2D eigenvalue weighted by Crippen LogP contribution is -2.45. The highest BCUT2D eigenvalue weighted by Crippen LogP contribution is 2.23. The summed E-state index contributed by atoms with van der Waals surface area (Å²) in [6, 6.07) is 1.66. The predicted octanol–water partition coefficient (Wildman–Crippen LogP) is 0.494. The van der Waals surface area contributed by atoms with Gasteiger partial charge in [-0.25, -0.2) is 4.79 Å². The number of carbonyl (C=O) groups is 1. The fourth-order valence-corrected chi connectivity index (χ4v) is 1.97. The summed E-state index contributed by atoms with van der Waals surface area (Å²) < 4.78 is 5.04. The van der Waals surface area contributed by atoms with E-state index in [1.54, 1.807) is 11.1 Å². The molecule has 3 aliphatic heterocycles. The first-order chi connectivity index (χ1) is 9.24. The van der Waals surface area contributed by atoms with Crippen LogP contribution < -0.4 is 0 Å². The molecule has 0 aromatic rings. The highest BCUT2D eigenvalue weighted by atomic mass is 16.7. The summed E-state index contributed by atoms with van der Waals surface area (Å²) in [7, 11) is 2.04. The number of hydroxylamine groups is 2. The SMILES string of the molecule is CN1CCN(OC(=O)c2nnc3ccocc2-3)CC1. The van der Waals surface area contributed by atoms with Gasteiger partial charge in [0.05, 0.1) is 11.8 Å². The molecule has 7 heteroatoms. The van der Waals surface area contributed by atoms with Crippen LogP contribution in [-0.4, -0.2) is 59.4 Å². The lowest BCUT2D eigenvalue weighted by molar-refractivity contribution is -0.128. The summed E-state index contributed by atoms with van der Waals surface area (Å²) in [5, 5.41) is 9.42. The molecular weight excluding hydrogens is 248 g/mol. The van der Waals surface area contributed by atoms with E-state index >= 15 is 0 Å². The lowest BCUT2D eigenvalue weighted by Gasteiger charge is -2.30. The molecule has 0 aromatic heterocycles. The molecule has 0 radical (unpaired) electrons. The largest absolute Gasteiger partial charge is 0.472 e. The Hall–Kier alpha value is -1.99. The van der Waals surface area contributed by atoms with E-state index in [1.165, 1.54) is 12.5 Å². The van der Waals surface area contributed by atoms with Gasteiger partial charge in [-0.15, -0.1) is 15.3 Å². The molecule has 0 bridgehead atoms. The van der Waals surface area contributed by atoms with E-state index in [1.807, 2.05) is 7.05 Å². The fourth-order valence-electron chi connectivity index (χ4n) is 1.97. The lowest BCUT2D eigenvalue weighted by atomic mass is 10.2. The maximum absolute atomic E-state index is 12.0. The Morgan fingerprint density at radius 2 is 2.11 bits per heavy atom. The van der Waals surface area contributed by atoms with Crippen molar-refractivity contribution >= 4 is 5.97 Å². The molecule has 100 valence electrons. The van der Waals surface area contributed by atoms with E-state index in [0.29, 0.717) is 24.3 Å². The molecule has 1 fully saturated rings. The second-order valence-corrected chi connectivity index (χ2v) is 4.52. The first-order valence-electron chi connectivity index (χ1n) is 6.08. The van der Waals surface area contributed by atoms with E-state index < -0.39 is 5.97 Å². The quantitative estimate of drug-likeness (QED) is 0.780. The number of hydrogen-bond donors (Lipinski definition) is 0. The highest BCUT2D eigenvalue weighted by Gasteiger charge is 2.25. The zero-order valence-corrected chi connectivity index (χ0v) is 10.6. The van der Waals surface area contributed by atoms with E-state index in [9.17, 15) is 4.79 Å². The minimum atomic E-state index is -0.492. The van der Waals surface area contributed by atoms with Crippen molar-refractivity contribution in [1.82, 2.24) is 20.2 Å². The van der Waals surface area contributed by atoms with Gasteiger partial charge in [-0.05, 0) is 7.05 Å². The topological polar surface area (TPSA) is 71.7 Å². The van der Waals surface area contributed by atoms with E-state index in [0.717, 1.165) is 13.1 Å². The highest BCUT2D eigenvalue weighted by molar-refractivity contribution is 5.94. The Bertz CT molecular complexity index is 548. The van der Waals surface area contributed by atoms with Crippen molar-refractivity contribution in [3.63, 3.8) is 0 Å². The Balaban J connectivity index is 1.71. The molecule has 3 aliphatic rings. The number of fused-ring (bicyclic) bond motifs is 1. The minimum absolute atomic E-state index is 0.193. The normalized spacial score (nSPS) is 17.7. The van der Waals surface area contributed by atoms with Gasteiger partial charge in [0.2, 0.25) is 0 Å². The van der Waals surface area contributed by atoms with E-state index in [-0.39, 0.29) is 5.69 Å². The molecule has 0 spiro atoms. The smallest absolute Gasteiger partial charge is 0.378 e. The van der Waals surface area contributed by atoms with Gasteiger partial charge >= 0.3 is 5.97 Å². The molecule has 1 saturated heterocycles. The molecule has 0 amide bonds. The van der Waals surface area contributed by atoms with Crippen LogP contribution in [0.2, 0.25) is 0 Å². The van der Waals surface area contributed by atoms with Gasteiger partial charge in [-0.3, -0.25) is 0 Å². The minimum Gasteiger partial charge on any atom is -0.472 e. The number of likely N-dealkylation sites (N-methyl/N-ethyl adjacent to an activating group) is 1. The van der Waals surface area contributed by atoms with E-state index in [4.69, 9.17) is 9.25 Å². The van der Waals surface area contributed by atoms with Crippen molar-refractivity contribution < 1.29 is 14.0 Å². The average molecular weight is 262 g/mol. The monoisotopic (exact) mass is 262 g/mol. The molecule has 0 aliphatic carbocycles. The van der Waals surface area contributed by atoms with Crippen LogP contribution in [0.3, 0.4) is 0 Å². The van der Waals surface area contributed by atoms with Crippen LogP contribution >= 0.6 is 0 Å². The average Bonchev–Trinajstić information content (AvgIpc) is 2.85. The second-order valence-electron chi connectivity index (χ2n) is 4.52. The van der Waals surface area contributed by atoms with Crippen LogP contribution in [0.5, 0.6) is 0 Å².